The zero-order valence-electron chi connectivity index (χ0n) is 24.3. The maximum Gasteiger partial charge on any atom is 0.416 e. The first-order valence-corrected chi connectivity index (χ1v) is 17.9. The summed E-state index contributed by atoms with van der Waals surface area (Å²) in [7, 11) is -1.32. The van der Waals surface area contributed by atoms with Crippen LogP contribution < -0.4 is 12.4 Å². The summed E-state index contributed by atoms with van der Waals surface area (Å²) in [5.74, 6) is 0. The minimum Gasteiger partial charge on any atom is -1.00 e. The van der Waals surface area contributed by atoms with Crippen molar-refractivity contribution in [3.8, 4) is 0 Å². The van der Waals surface area contributed by atoms with Gasteiger partial charge >= 0.3 is 6.18 Å². The summed E-state index contributed by atoms with van der Waals surface area (Å²) >= 11 is 0. The standard InChI is InChI=1S/C32H57F3P.ClH/c1-4-7-10-13-16-19-25-36(26-20-17-14-11-8-5-2,27-21-18-15-12-9-6-3)29-30-23-22-24-31(28-30)32(33,34)35;/h22-24,28H,4-21,25-27,29H2,1-3H3;1H/q+1;/p-1. The highest BCUT2D eigenvalue weighted by Crippen LogP contribution is 2.63. The molecule has 0 aliphatic carbocycles. The SMILES string of the molecule is CCCCCCCC[P+](CCCCCCCC)(CCCCCCCC)Cc1cccc(C(F)(F)F)c1.[Cl-]. The molecule has 0 radical (unpaired) electrons. The second-order valence-corrected chi connectivity index (χ2v) is 15.5. The molecule has 0 aromatic heterocycles. The molecule has 0 unspecified atom stereocenters. The lowest BCUT2D eigenvalue weighted by molar-refractivity contribution is -0.137. The van der Waals surface area contributed by atoms with Crippen molar-refractivity contribution < 1.29 is 25.6 Å². The smallest absolute Gasteiger partial charge is 0.416 e. The third-order valence-electron chi connectivity index (χ3n) is 7.73. The fourth-order valence-corrected chi connectivity index (χ4v) is 10.3. The molecule has 1 aromatic carbocycles. The first kappa shape index (κ1) is 36.7. The van der Waals surface area contributed by atoms with Crippen molar-refractivity contribution in [3.63, 3.8) is 0 Å². The molecule has 37 heavy (non-hydrogen) atoms. The summed E-state index contributed by atoms with van der Waals surface area (Å²) in [4.78, 5) is 0. The molecule has 0 spiro atoms. The van der Waals surface area contributed by atoms with Gasteiger partial charge in [-0.2, -0.15) is 13.2 Å². The predicted molar refractivity (Wildman–Crippen MR) is 157 cm³/mol. The Morgan fingerprint density at radius 2 is 0.946 bits per heavy atom. The zero-order chi connectivity index (χ0) is 26.5. The first-order valence-electron chi connectivity index (χ1n) is 15.4. The Bertz CT molecular complexity index is 606. The van der Waals surface area contributed by atoms with E-state index in [1.807, 2.05) is 6.07 Å². The summed E-state index contributed by atoms with van der Waals surface area (Å²) < 4.78 is 40.4. The Morgan fingerprint density at radius 1 is 0.568 bits per heavy atom. The topological polar surface area (TPSA) is 0 Å². The molecule has 1 rings (SSSR count). The first-order chi connectivity index (χ1) is 17.4. The molecule has 1 aromatic rings. The van der Waals surface area contributed by atoms with Gasteiger partial charge in [0.1, 0.15) is 0 Å². The van der Waals surface area contributed by atoms with Gasteiger partial charge in [0.25, 0.3) is 0 Å². The minimum atomic E-state index is -4.26. The maximum atomic E-state index is 13.5. The largest absolute Gasteiger partial charge is 1.00 e. The molecule has 0 N–H and O–H groups in total. The lowest BCUT2D eigenvalue weighted by atomic mass is 10.1. The van der Waals surface area contributed by atoms with Crippen LogP contribution in [0.15, 0.2) is 24.3 Å². The minimum absolute atomic E-state index is 0. The summed E-state index contributed by atoms with van der Waals surface area (Å²) in [5, 5.41) is 0. The zero-order valence-corrected chi connectivity index (χ0v) is 26.0. The van der Waals surface area contributed by atoms with E-state index in [1.54, 1.807) is 6.07 Å². The number of alkyl halides is 3. The van der Waals surface area contributed by atoms with Crippen molar-refractivity contribution in [2.75, 3.05) is 18.5 Å². The lowest BCUT2D eigenvalue weighted by Crippen LogP contribution is -3.00. The molecule has 0 heterocycles. The Hall–Kier alpha value is -0.270. The highest BCUT2D eigenvalue weighted by molar-refractivity contribution is 7.75. The summed E-state index contributed by atoms with van der Waals surface area (Å²) in [6.07, 6.45) is 23.8. The second-order valence-electron chi connectivity index (χ2n) is 11.2. The molecule has 0 nitrogen and oxygen atoms in total. The predicted octanol–water partition coefficient (Wildman–Crippen LogP) is 9.31. The Labute approximate surface area is 235 Å². The fraction of sp³-hybridized carbons (Fsp3) is 0.812. The van der Waals surface area contributed by atoms with E-state index < -0.39 is 19.0 Å². The van der Waals surface area contributed by atoms with Gasteiger partial charge in [0.05, 0.1) is 30.2 Å². The monoisotopic (exact) mass is 564 g/mol. The van der Waals surface area contributed by atoms with E-state index in [0.29, 0.717) is 0 Å². The van der Waals surface area contributed by atoms with E-state index >= 15 is 0 Å². The lowest BCUT2D eigenvalue weighted by Gasteiger charge is -2.29. The second kappa shape index (κ2) is 22.5. The summed E-state index contributed by atoms with van der Waals surface area (Å²) in [5.41, 5.74) is 0.456. The van der Waals surface area contributed by atoms with Crippen LogP contribution in [0.3, 0.4) is 0 Å². The van der Waals surface area contributed by atoms with E-state index in [2.05, 4.69) is 20.8 Å². The van der Waals surface area contributed by atoms with Crippen molar-refractivity contribution in [3.05, 3.63) is 35.4 Å². The van der Waals surface area contributed by atoms with Crippen molar-refractivity contribution in [1.82, 2.24) is 0 Å². The molecular weight excluding hydrogens is 508 g/mol. The Morgan fingerprint density at radius 3 is 1.32 bits per heavy atom. The summed E-state index contributed by atoms with van der Waals surface area (Å²) in [6.45, 7) is 6.77. The van der Waals surface area contributed by atoms with Gasteiger partial charge in [0, 0.05) is 7.26 Å². The molecule has 0 aliphatic heterocycles. The molecule has 0 atom stereocenters. The van der Waals surface area contributed by atoms with Crippen LogP contribution in [0.1, 0.15) is 147 Å². The van der Waals surface area contributed by atoms with Crippen LogP contribution in [0.4, 0.5) is 13.2 Å². The van der Waals surface area contributed by atoms with E-state index in [9.17, 15) is 13.2 Å². The van der Waals surface area contributed by atoms with Gasteiger partial charge in [-0.25, -0.2) is 0 Å². The van der Waals surface area contributed by atoms with Crippen LogP contribution in [0.2, 0.25) is 0 Å². The van der Waals surface area contributed by atoms with Crippen LogP contribution >= 0.6 is 7.26 Å². The van der Waals surface area contributed by atoms with Gasteiger partial charge in [-0.05, 0) is 56.2 Å². The molecule has 0 amide bonds. The number of rotatable bonds is 23. The van der Waals surface area contributed by atoms with E-state index in [0.717, 1.165) is 11.7 Å². The van der Waals surface area contributed by atoms with Gasteiger partial charge in [-0.15, -0.1) is 0 Å². The van der Waals surface area contributed by atoms with Crippen LogP contribution in [0.25, 0.3) is 0 Å². The third-order valence-corrected chi connectivity index (χ3v) is 12.6. The quantitative estimate of drug-likeness (QED) is 0.0917. The Kier molecular flexibility index (Phi) is 22.4. The molecular formula is C32H57ClF3P. The normalized spacial score (nSPS) is 12.1. The molecule has 0 fully saturated rings. The number of hydrogen-bond donors (Lipinski definition) is 0. The van der Waals surface area contributed by atoms with Crippen LogP contribution in [-0.2, 0) is 12.3 Å². The highest BCUT2D eigenvalue weighted by Gasteiger charge is 2.37. The third kappa shape index (κ3) is 17.8. The molecule has 0 aliphatic rings. The van der Waals surface area contributed by atoms with Crippen molar-refractivity contribution in [2.24, 2.45) is 0 Å². The molecule has 0 bridgehead atoms. The van der Waals surface area contributed by atoms with Gasteiger partial charge in [0.15, 0.2) is 0 Å². The Balaban J connectivity index is 0.0000130. The summed E-state index contributed by atoms with van der Waals surface area (Å²) in [6, 6.07) is 6.29. The number of benzene rings is 1. The van der Waals surface area contributed by atoms with Gasteiger partial charge in [0.2, 0.25) is 0 Å². The number of unbranched alkanes of at least 4 members (excludes halogenated alkanes) is 15. The van der Waals surface area contributed by atoms with Gasteiger partial charge in [-0.1, -0.05) is 110 Å². The molecule has 5 heteroatoms. The molecule has 0 saturated carbocycles. The fourth-order valence-electron chi connectivity index (χ4n) is 5.49. The molecule has 0 saturated heterocycles. The van der Waals surface area contributed by atoms with Crippen LogP contribution in [0.5, 0.6) is 0 Å². The van der Waals surface area contributed by atoms with E-state index in [-0.39, 0.29) is 12.4 Å². The van der Waals surface area contributed by atoms with Gasteiger partial charge in [-0.3, -0.25) is 0 Å². The van der Waals surface area contributed by atoms with E-state index in [4.69, 9.17) is 0 Å². The van der Waals surface area contributed by atoms with Crippen molar-refractivity contribution >= 4 is 7.26 Å². The van der Waals surface area contributed by atoms with Crippen LogP contribution in [0, 0.1) is 0 Å². The van der Waals surface area contributed by atoms with Crippen molar-refractivity contribution in [1.29, 1.82) is 0 Å². The number of halogens is 4. The van der Waals surface area contributed by atoms with Gasteiger partial charge < -0.3 is 12.4 Å². The highest BCUT2D eigenvalue weighted by atomic mass is 35.5. The average Bonchev–Trinajstić information content (AvgIpc) is 2.85. The average molecular weight is 565 g/mol. The number of hydrogen-bond acceptors (Lipinski definition) is 0. The van der Waals surface area contributed by atoms with E-state index in [1.165, 1.54) is 146 Å². The van der Waals surface area contributed by atoms with Crippen LogP contribution in [-0.4, -0.2) is 18.5 Å². The molecule has 218 valence electrons. The maximum absolute atomic E-state index is 13.5. The van der Waals surface area contributed by atoms with Crippen molar-refractivity contribution in [2.45, 2.75) is 149 Å².